The predicted octanol–water partition coefficient (Wildman–Crippen LogP) is 4.63. The van der Waals surface area contributed by atoms with Gasteiger partial charge in [-0.2, -0.15) is 0 Å². The summed E-state index contributed by atoms with van der Waals surface area (Å²) in [5.74, 6) is 0.551. The number of nitrogens with one attached hydrogen (secondary N) is 1. The van der Waals surface area contributed by atoms with Gasteiger partial charge in [0, 0.05) is 22.2 Å². The van der Waals surface area contributed by atoms with Gasteiger partial charge < -0.3 is 5.32 Å². The van der Waals surface area contributed by atoms with Gasteiger partial charge in [0.05, 0.1) is 17.8 Å². The Morgan fingerprint density at radius 1 is 1.25 bits per heavy atom. The van der Waals surface area contributed by atoms with Crippen LogP contribution in [0.25, 0.3) is 10.6 Å². The van der Waals surface area contributed by atoms with E-state index >= 15 is 0 Å². The molecule has 0 bridgehead atoms. The van der Waals surface area contributed by atoms with E-state index in [1.54, 1.807) is 11.3 Å². The van der Waals surface area contributed by atoms with E-state index in [4.69, 9.17) is 0 Å². The highest BCUT2D eigenvalue weighted by Crippen LogP contribution is 2.40. The van der Waals surface area contributed by atoms with Crippen LogP contribution in [0.4, 0.5) is 5.13 Å². The molecule has 122 valence electrons. The van der Waals surface area contributed by atoms with Gasteiger partial charge in [-0.25, -0.2) is 9.97 Å². The number of carbonyl (C=O) groups is 1. The van der Waals surface area contributed by atoms with Gasteiger partial charge in [0.15, 0.2) is 5.13 Å². The first-order chi connectivity index (χ1) is 11.7. The monoisotopic (exact) mass is 355 g/mol. The van der Waals surface area contributed by atoms with Crippen LogP contribution in [0.2, 0.25) is 0 Å². The minimum atomic E-state index is -0.0622. The molecular formula is C18H17N3OS2. The van der Waals surface area contributed by atoms with Gasteiger partial charge in [-0.05, 0) is 25.8 Å². The number of carbonyl (C=O) groups excluding carboxylic acids is 1. The summed E-state index contributed by atoms with van der Waals surface area (Å²) in [5, 5.41) is 8.53. The van der Waals surface area contributed by atoms with Crippen molar-refractivity contribution in [3.05, 3.63) is 52.0 Å². The van der Waals surface area contributed by atoms with Crippen LogP contribution >= 0.6 is 22.7 Å². The van der Waals surface area contributed by atoms with Gasteiger partial charge in [-0.1, -0.05) is 23.8 Å². The Bertz CT molecular complexity index is 880. The average Bonchev–Trinajstić information content (AvgIpc) is 3.13. The number of benzene rings is 1. The third-order valence-electron chi connectivity index (χ3n) is 3.92. The normalized spacial score (nSPS) is 13.9. The molecule has 1 saturated carbocycles. The number of hydrogen-bond acceptors (Lipinski definition) is 5. The lowest BCUT2D eigenvalue weighted by atomic mass is 10.1. The van der Waals surface area contributed by atoms with Crippen molar-refractivity contribution in [2.75, 3.05) is 5.32 Å². The van der Waals surface area contributed by atoms with Gasteiger partial charge in [0.25, 0.3) is 0 Å². The van der Waals surface area contributed by atoms with Gasteiger partial charge in [-0.15, -0.1) is 22.7 Å². The first-order valence-corrected chi connectivity index (χ1v) is 9.70. The largest absolute Gasteiger partial charge is 0.302 e. The van der Waals surface area contributed by atoms with Crippen molar-refractivity contribution >= 4 is 33.7 Å². The second-order valence-electron chi connectivity index (χ2n) is 6.09. The topological polar surface area (TPSA) is 54.9 Å². The van der Waals surface area contributed by atoms with Crippen molar-refractivity contribution in [3.8, 4) is 10.6 Å². The van der Waals surface area contributed by atoms with E-state index in [9.17, 15) is 4.79 Å². The summed E-state index contributed by atoms with van der Waals surface area (Å²) < 4.78 is 0. The number of nitrogens with zero attached hydrogens (tertiary/aromatic N) is 2. The summed E-state index contributed by atoms with van der Waals surface area (Å²) in [6.45, 7) is 2.06. The van der Waals surface area contributed by atoms with Gasteiger partial charge in [0.2, 0.25) is 5.91 Å². The number of rotatable bonds is 5. The fourth-order valence-corrected chi connectivity index (χ4v) is 4.16. The SMILES string of the molecule is Cc1cccc(-c2nc(CC(=O)Nc3nc(C4CC4)cs3)cs2)c1. The van der Waals surface area contributed by atoms with E-state index in [2.05, 4.69) is 34.3 Å². The molecule has 0 aliphatic heterocycles. The Morgan fingerprint density at radius 2 is 2.12 bits per heavy atom. The minimum absolute atomic E-state index is 0.0622. The second-order valence-corrected chi connectivity index (χ2v) is 7.81. The van der Waals surface area contributed by atoms with E-state index in [-0.39, 0.29) is 12.3 Å². The molecule has 2 aromatic heterocycles. The van der Waals surface area contributed by atoms with Crippen LogP contribution in [-0.2, 0) is 11.2 Å². The number of aryl methyl sites for hydroxylation is 1. The average molecular weight is 355 g/mol. The van der Waals surface area contributed by atoms with Crippen molar-refractivity contribution in [1.29, 1.82) is 0 Å². The number of hydrogen-bond donors (Lipinski definition) is 1. The molecule has 4 rings (SSSR count). The maximum atomic E-state index is 12.2. The second kappa shape index (κ2) is 6.45. The Balaban J connectivity index is 1.40. The van der Waals surface area contributed by atoms with E-state index in [0.29, 0.717) is 11.0 Å². The van der Waals surface area contributed by atoms with Crippen LogP contribution in [0.3, 0.4) is 0 Å². The maximum Gasteiger partial charge on any atom is 0.232 e. The summed E-state index contributed by atoms with van der Waals surface area (Å²) in [6.07, 6.45) is 2.72. The molecule has 1 aromatic carbocycles. The molecule has 1 amide bonds. The molecule has 1 fully saturated rings. The molecular weight excluding hydrogens is 338 g/mol. The molecule has 3 aromatic rings. The number of anilines is 1. The van der Waals surface area contributed by atoms with E-state index < -0.39 is 0 Å². The predicted molar refractivity (Wildman–Crippen MR) is 98.7 cm³/mol. The summed E-state index contributed by atoms with van der Waals surface area (Å²) in [5.41, 5.74) is 4.22. The zero-order valence-corrected chi connectivity index (χ0v) is 14.9. The lowest BCUT2D eigenvalue weighted by molar-refractivity contribution is -0.115. The molecule has 0 atom stereocenters. The Hall–Kier alpha value is -2.05. The van der Waals surface area contributed by atoms with E-state index in [1.165, 1.54) is 29.7 Å². The number of amides is 1. The van der Waals surface area contributed by atoms with Crippen LogP contribution in [0.1, 0.15) is 35.7 Å². The molecule has 0 radical (unpaired) electrons. The molecule has 1 N–H and O–H groups in total. The minimum Gasteiger partial charge on any atom is -0.302 e. The highest BCUT2D eigenvalue weighted by Gasteiger charge is 2.26. The van der Waals surface area contributed by atoms with Crippen LogP contribution in [0.5, 0.6) is 0 Å². The Morgan fingerprint density at radius 3 is 2.92 bits per heavy atom. The quantitative estimate of drug-likeness (QED) is 0.726. The third kappa shape index (κ3) is 3.55. The van der Waals surface area contributed by atoms with Gasteiger partial charge in [0.1, 0.15) is 5.01 Å². The Kier molecular flexibility index (Phi) is 4.16. The molecule has 0 spiro atoms. The zero-order valence-electron chi connectivity index (χ0n) is 13.3. The highest BCUT2D eigenvalue weighted by atomic mass is 32.1. The summed E-state index contributed by atoms with van der Waals surface area (Å²) in [6, 6.07) is 8.25. The standard InChI is InChI=1S/C18H17N3OS2/c1-11-3-2-4-13(7-11)17-19-14(9-23-17)8-16(22)21-18-20-15(10-24-18)12-5-6-12/h2-4,7,9-10,12H,5-6,8H2,1H3,(H,20,21,22). The summed E-state index contributed by atoms with van der Waals surface area (Å²) in [7, 11) is 0. The fourth-order valence-electron chi connectivity index (χ4n) is 2.54. The smallest absolute Gasteiger partial charge is 0.232 e. The highest BCUT2D eigenvalue weighted by molar-refractivity contribution is 7.14. The lowest BCUT2D eigenvalue weighted by Gasteiger charge is -2.00. The molecule has 4 nitrogen and oxygen atoms in total. The molecule has 6 heteroatoms. The molecule has 24 heavy (non-hydrogen) atoms. The van der Waals surface area contributed by atoms with Crippen molar-refractivity contribution in [2.45, 2.75) is 32.1 Å². The molecule has 0 unspecified atom stereocenters. The summed E-state index contributed by atoms with van der Waals surface area (Å²) >= 11 is 3.07. The molecule has 2 heterocycles. The Labute approximate surface area is 148 Å². The molecule has 1 aliphatic carbocycles. The zero-order chi connectivity index (χ0) is 16.5. The van der Waals surface area contributed by atoms with E-state index in [0.717, 1.165) is 22.0 Å². The molecule has 0 saturated heterocycles. The fraction of sp³-hybridized carbons (Fsp3) is 0.278. The maximum absolute atomic E-state index is 12.2. The third-order valence-corrected chi connectivity index (χ3v) is 5.64. The van der Waals surface area contributed by atoms with Gasteiger partial charge in [-0.3, -0.25) is 4.79 Å². The van der Waals surface area contributed by atoms with Crippen molar-refractivity contribution in [1.82, 2.24) is 9.97 Å². The number of thiazole rings is 2. The van der Waals surface area contributed by atoms with Crippen LogP contribution in [-0.4, -0.2) is 15.9 Å². The first kappa shape index (κ1) is 15.5. The van der Waals surface area contributed by atoms with Crippen LogP contribution < -0.4 is 5.32 Å². The van der Waals surface area contributed by atoms with Gasteiger partial charge >= 0.3 is 0 Å². The molecule has 1 aliphatic rings. The van der Waals surface area contributed by atoms with E-state index in [1.807, 2.05) is 22.9 Å². The van der Waals surface area contributed by atoms with Crippen LogP contribution in [0.15, 0.2) is 35.0 Å². The van der Waals surface area contributed by atoms with Crippen LogP contribution in [0, 0.1) is 6.92 Å². The van der Waals surface area contributed by atoms with Crippen molar-refractivity contribution in [3.63, 3.8) is 0 Å². The lowest BCUT2D eigenvalue weighted by Crippen LogP contribution is -2.14. The first-order valence-electron chi connectivity index (χ1n) is 7.94. The summed E-state index contributed by atoms with van der Waals surface area (Å²) in [4.78, 5) is 21.3. The van der Waals surface area contributed by atoms with Crippen molar-refractivity contribution in [2.24, 2.45) is 0 Å². The van der Waals surface area contributed by atoms with Crippen molar-refractivity contribution < 1.29 is 4.79 Å². The number of aromatic nitrogens is 2.